The number of rotatable bonds is 4. The number of amides is 1. The molecule has 30 heavy (non-hydrogen) atoms. The Hall–Kier alpha value is -2.49. The van der Waals surface area contributed by atoms with Crippen molar-refractivity contribution in [2.24, 2.45) is 0 Å². The maximum atomic E-state index is 12.4. The van der Waals surface area contributed by atoms with E-state index in [1.807, 2.05) is 31.2 Å². The van der Waals surface area contributed by atoms with Crippen LogP contribution >= 0.6 is 23.1 Å². The van der Waals surface area contributed by atoms with Gasteiger partial charge < -0.3 is 10.1 Å². The minimum absolute atomic E-state index is 0.0821. The lowest BCUT2D eigenvalue weighted by Crippen LogP contribution is -2.31. The van der Waals surface area contributed by atoms with E-state index in [2.05, 4.69) is 29.2 Å². The number of carbonyl (C=O) groups is 1. The lowest BCUT2D eigenvalue weighted by Gasteiger charge is -2.30. The number of ether oxygens (including phenoxy) is 1. The lowest BCUT2D eigenvalue weighted by atomic mass is 9.94. The van der Waals surface area contributed by atoms with E-state index in [-0.39, 0.29) is 17.3 Å². The van der Waals surface area contributed by atoms with Crippen molar-refractivity contribution in [3.8, 4) is 0 Å². The van der Waals surface area contributed by atoms with E-state index in [1.54, 1.807) is 22.2 Å². The van der Waals surface area contributed by atoms with Gasteiger partial charge in [0.15, 0.2) is 10.8 Å². The highest BCUT2D eigenvalue weighted by Gasteiger charge is 2.31. The van der Waals surface area contributed by atoms with Crippen molar-refractivity contribution >= 4 is 50.6 Å². The zero-order chi connectivity index (χ0) is 20.9. The zero-order valence-corrected chi connectivity index (χ0v) is 18.6. The van der Waals surface area contributed by atoms with Gasteiger partial charge in [0.25, 0.3) is 0 Å². The molecule has 154 valence electrons. The highest BCUT2D eigenvalue weighted by molar-refractivity contribution is 7.99. The summed E-state index contributed by atoms with van der Waals surface area (Å²) < 4.78 is 7.71. The molecule has 1 N–H and O–H groups in total. The predicted molar refractivity (Wildman–Crippen MR) is 119 cm³/mol. The molecule has 0 atom stereocenters. The van der Waals surface area contributed by atoms with Crippen LogP contribution in [0.25, 0.3) is 15.9 Å². The fraction of sp³-hybridized carbons (Fsp3) is 0.333. The summed E-state index contributed by atoms with van der Waals surface area (Å²) in [6.45, 7) is 6.79. The third-order valence-corrected chi connectivity index (χ3v) is 7.08. The largest absolute Gasteiger partial charge is 0.370 e. The first kappa shape index (κ1) is 19.5. The van der Waals surface area contributed by atoms with Crippen LogP contribution < -0.4 is 5.32 Å². The van der Waals surface area contributed by atoms with Crippen LogP contribution in [0.3, 0.4) is 0 Å². The van der Waals surface area contributed by atoms with Gasteiger partial charge >= 0.3 is 0 Å². The summed E-state index contributed by atoms with van der Waals surface area (Å²) in [7, 11) is 0. The number of aromatic nitrogens is 4. The van der Waals surface area contributed by atoms with E-state index < -0.39 is 0 Å². The summed E-state index contributed by atoms with van der Waals surface area (Å²) >= 11 is 3.00. The van der Waals surface area contributed by atoms with Gasteiger partial charge in [-0.3, -0.25) is 4.79 Å². The first-order chi connectivity index (χ1) is 14.4. The molecule has 4 heterocycles. The summed E-state index contributed by atoms with van der Waals surface area (Å²) in [5.74, 6) is 0.157. The van der Waals surface area contributed by atoms with Gasteiger partial charge in [0.05, 0.1) is 23.3 Å². The first-order valence-corrected chi connectivity index (χ1v) is 11.5. The monoisotopic (exact) mass is 439 g/mol. The zero-order valence-electron chi connectivity index (χ0n) is 16.9. The second kappa shape index (κ2) is 7.33. The highest BCUT2D eigenvalue weighted by atomic mass is 32.2. The van der Waals surface area contributed by atoms with Crippen molar-refractivity contribution in [3.05, 3.63) is 46.6 Å². The van der Waals surface area contributed by atoms with Crippen LogP contribution in [0.15, 0.2) is 35.7 Å². The van der Waals surface area contributed by atoms with E-state index >= 15 is 0 Å². The molecule has 1 amide bonds. The van der Waals surface area contributed by atoms with E-state index in [4.69, 9.17) is 9.72 Å². The summed E-state index contributed by atoms with van der Waals surface area (Å²) in [4.78, 5) is 23.9. The number of fused-ring (bicyclic) bond motifs is 5. The minimum atomic E-state index is -0.209. The average Bonchev–Trinajstić information content (AvgIpc) is 3.29. The highest BCUT2D eigenvalue weighted by Crippen LogP contribution is 2.40. The number of hydrogen-bond acceptors (Lipinski definition) is 7. The molecule has 0 saturated carbocycles. The fourth-order valence-electron chi connectivity index (χ4n) is 3.68. The summed E-state index contributed by atoms with van der Waals surface area (Å²) in [5.41, 5.74) is 3.73. The summed E-state index contributed by atoms with van der Waals surface area (Å²) in [6.07, 6.45) is 2.36. The second-order valence-electron chi connectivity index (χ2n) is 8.01. The Morgan fingerprint density at radius 3 is 3.10 bits per heavy atom. The molecule has 0 saturated heterocycles. The Morgan fingerprint density at radius 1 is 1.40 bits per heavy atom. The molecule has 1 aromatic carbocycles. The fourth-order valence-corrected chi connectivity index (χ4v) is 5.58. The van der Waals surface area contributed by atoms with Crippen LogP contribution in [0.2, 0.25) is 0 Å². The van der Waals surface area contributed by atoms with Crippen molar-refractivity contribution in [1.82, 2.24) is 19.6 Å². The number of thioether (sulfide) groups is 1. The van der Waals surface area contributed by atoms with E-state index in [0.29, 0.717) is 11.8 Å². The average molecular weight is 440 g/mol. The minimum Gasteiger partial charge on any atom is -0.370 e. The van der Waals surface area contributed by atoms with Gasteiger partial charge in [-0.05, 0) is 44.0 Å². The second-order valence-corrected chi connectivity index (χ2v) is 10.0. The van der Waals surface area contributed by atoms with Gasteiger partial charge in [0.2, 0.25) is 5.91 Å². The topological polar surface area (TPSA) is 81.4 Å². The van der Waals surface area contributed by atoms with Crippen molar-refractivity contribution in [2.45, 2.75) is 44.6 Å². The molecule has 0 fully saturated rings. The summed E-state index contributed by atoms with van der Waals surface area (Å²) in [5, 5.41) is 9.02. The first-order valence-electron chi connectivity index (χ1n) is 9.67. The number of aryl methyl sites for hydroxylation is 1. The van der Waals surface area contributed by atoms with Gasteiger partial charge in [-0.2, -0.15) is 9.61 Å². The smallest absolute Gasteiger partial charge is 0.234 e. The standard InChI is InChI=1S/C21H21N5O2S2/c1-12-5-4-6-13(7-12)24-16(27)10-29-20-25-19-17(18-22-11-23-26(18)20)14-8-21(2,3)28-9-15(14)30-19/h4-7,11H,8-10H2,1-3H3,(H,24,27). The van der Waals surface area contributed by atoms with Crippen LogP contribution in [0, 0.1) is 6.92 Å². The number of nitrogens with zero attached hydrogens (tertiary/aromatic N) is 4. The maximum Gasteiger partial charge on any atom is 0.234 e. The molecule has 9 heteroatoms. The molecule has 0 aliphatic carbocycles. The van der Waals surface area contributed by atoms with E-state index in [0.717, 1.165) is 33.5 Å². The molecular weight excluding hydrogens is 418 g/mol. The molecule has 4 aromatic rings. The molecular formula is C21H21N5O2S2. The van der Waals surface area contributed by atoms with Crippen LogP contribution in [0.5, 0.6) is 0 Å². The third kappa shape index (κ3) is 3.57. The molecule has 3 aromatic heterocycles. The molecule has 5 rings (SSSR count). The van der Waals surface area contributed by atoms with E-state index in [9.17, 15) is 4.79 Å². The van der Waals surface area contributed by atoms with Gasteiger partial charge in [-0.25, -0.2) is 9.97 Å². The summed E-state index contributed by atoms with van der Waals surface area (Å²) in [6, 6.07) is 7.76. The SMILES string of the molecule is Cc1cccc(NC(=O)CSc2nc3sc4c(c3c3ncnn23)CC(C)(C)OC4)c1. The van der Waals surface area contributed by atoms with Crippen LogP contribution in [-0.2, 0) is 22.6 Å². The molecule has 7 nitrogen and oxygen atoms in total. The maximum absolute atomic E-state index is 12.4. The number of anilines is 1. The van der Waals surface area contributed by atoms with Gasteiger partial charge in [-0.15, -0.1) is 11.3 Å². The van der Waals surface area contributed by atoms with Crippen molar-refractivity contribution < 1.29 is 9.53 Å². The quantitative estimate of drug-likeness (QED) is 0.379. The number of carbonyl (C=O) groups excluding carboxylic acids is 1. The van der Waals surface area contributed by atoms with Crippen molar-refractivity contribution in [1.29, 1.82) is 0 Å². The van der Waals surface area contributed by atoms with E-state index in [1.165, 1.54) is 22.2 Å². The number of thiophene rings is 1. The van der Waals surface area contributed by atoms with Gasteiger partial charge in [-0.1, -0.05) is 23.9 Å². The van der Waals surface area contributed by atoms with Crippen molar-refractivity contribution in [2.75, 3.05) is 11.1 Å². The predicted octanol–water partition coefficient (Wildman–Crippen LogP) is 4.23. The van der Waals surface area contributed by atoms with Crippen LogP contribution in [0.4, 0.5) is 5.69 Å². The number of nitrogens with one attached hydrogen (secondary N) is 1. The lowest BCUT2D eigenvalue weighted by molar-refractivity contribution is -0.113. The Bertz CT molecular complexity index is 1280. The van der Waals surface area contributed by atoms with Crippen molar-refractivity contribution in [3.63, 3.8) is 0 Å². The molecule has 0 spiro atoms. The Morgan fingerprint density at radius 2 is 2.27 bits per heavy atom. The molecule has 1 aliphatic rings. The third-order valence-electron chi connectivity index (χ3n) is 5.05. The molecule has 0 radical (unpaired) electrons. The number of benzene rings is 1. The normalized spacial score (nSPS) is 15.4. The van der Waals surface area contributed by atoms with Gasteiger partial charge in [0.1, 0.15) is 11.2 Å². The Kier molecular flexibility index (Phi) is 4.76. The Labute approximate surface area is 181 Å². The van der Waals surface area contributed by atoms with Crippen LogP contribution in [0.1, 0.15) is 29.9 Å². The Balaban J connectivity index is 1.44. The van der Waals surface area contributed by atoms with Gasteiger partial charge in [0, 0.05) is 17.0 Å². The molecule has 0 bridgehead atoms. The van der Waals surface area contributed by atoms with Crippen LogP contribution in [-0.4, -0.2) is 36.8 Å². The number of hydrogen-bond donors (Lipinski definition) is 1. The molecule has 0 unspecified atom stereocenters. The molecule has 1 aliphatic heterocycles.